The molecule has 1 aromatic rings. The summed E-state index contributed by atoms with van der Waals surface area (Å²) in [6, 6.07) is 8.25. The van der Waals surface area contributed by atoms with Crippen molar-refractivity contribution in [2.45, 2.75) is 19.3 Å². The Morgan fingerprint density at radius 3 is 2.89 bits per heavy atom. The van der Waals surface area contributed by atoms with E-state index in [1.807, 2.05) is 6.07 Å². The Balaban J connectivity index is 1.72. The van der Waals surface area contributed by atoms with Gasteiger partial charge in [-0.2, -0.15) is 0 Å². The number of rotatable bonds is 4. The van der Waals surface area contributed by atoms with Crippen LogP contribution in [0.4, 0.5) is 5.69 Å². The molecule has 1 aliphatic heterocycles. The van der Waals surface area contributed by atoms with Crippen LogP contribution in [-0.2, 0) is 11.2 Å². The molecule has 1 aliphatic rings. The third-order valence-corrected chi connectivity index (χ3v) is 3.94. The van der Waals surface area contributed by atoms with Crippen LogP contribution >= 0.6 is 11.8 Å². The molecule has 1 heterocycles. The van der Waals surface area contributed by atoms with Gasteiger partial charge < -0.3 is 4.90 Å². The van der Waals surface area contributed by atoms with Crippen LogP contribution in [0.25, 0.3) is 0 Å². The SMILES string of the molecule is CN(C)C(=O)CCCSC1=Nc2ccccc2C1. The second-order valence-corrected chi connectivity index (χ2v) is 5.72. The maximum atomic E-state index is 11.4. The number of thioether (sulfide) groups is 1. The number of nitrogens with zero attached hydrogens (tertiary/aromatic N) is 2. The number of hydrogen-bond donors (Lipinski definition) is 0. The number of hydrogen-bond acceptors (Lipinski definition) is 3. The fraction of sp³-hybridized carbons (Fsp3) is 0.429. The van der Waals surface area contributed by atoms with Crippen LogP contribution in [-0.4, -0.2) is 35.7 Å². The normalized spacial score (nSPS) is 13.1. The maximum Gasteiger partial charge on any atom is 0.222 e. The quantitative estimate of drug-likeness (QED) is 0.782. The lowest BCUT2D eigenvalue weighted by molar-refractivity contribution is -0.128. The summed E-state index contributed by atoms with van der Waals surface area (Å²) in [5, 5.41) is 1.17. The monoisotopic (exact) mass is 262 g/mol. The molecular formula is C14H18N2OS. The fourth-order valence-corrected chi connectivity index (χ4v) is 2.77. The van der Waals surface area contributed by atoms with Gasteiger partial charge in [0.15, 0.2) is 0 Å². The van der Waals surface area contributed by atoms with Gasteiger partial charge in [-0.05, 0) is 23.8 Å². The average Bonchev–Trinajstić information content (AvgIpc) is 2.76. The highest BCUT2D eigenvalue weighted by molar-refractivity contribution is 8.14. The molecule has 0 aliphatic carbocycles. The van der Waals surface area contributed by atoms with Gasteiger partial charge in [-0.15, -0.1) is 11.8 Å². The van der Waals surface area contributed by atoms with E-state index in [1.165, 1.54) is 10.6 Å². The van der Waals surface area contributed by atoms with Gasteiger partial charge >= 0.3 is 0 Å². The van der Waals surface area contributed by atoms with E-state index in [1.54, 1.807) is 30.8 Å². The molecule has 0 spiro atoms. The Hall–Kier alpha value is -1.29. The highest BCUT2D eigenvalue weighted by Gasteiger charge is 2.13. The molecule has 0 aromatic heterocycles. The molecule has 0 saturated carbocycles. The van der Waals surface area contributed by atoms with Crippen molar-refractivity contribution in [3.63, 3.8) is 0 Å². The largest absolute Gasteiger partial charge is 0.349 e. The summed E-state index contributed by atoms with van der Waals surface area (Å²) in [6.07, 6.45) is 2.49. The highest BCUT2D eigenvalue weighted by atomic mass is 32.2. The van der Waals surface area contributed by atoms with Crippen LogP contribution in [0.3, 0.4) is 0 Å². The molecule has 0 fully saturated rings. The molecule has 1 aromatic carbocycles. The molecule has 2 rings (SSSR count). The van der Waals surface area contributed by atoms with Gasteiger partial charge in [-0.3, -0.25) is 4.79 Å². The molecule has 96 valence electrons. The van der Waals surface area contributed by atoms with E-state index < -0.39 is 0 Å². The lowest BCUT2D eigenvalue weighted by atomic mass is 10.2. The Morgan fingerprint density at radius 1 is 1.39 bits per heavy atom. The minimum atomic E-state index is 0.201. The Kier molecular flexibility index (Phi) is 4.42. The van der Waals surface area contributed by atoms with Gasteiger partial charge in [0.05, 0.1) is 10.7 Å². The van der Waals surface area contributed by atoms with Crippen LogP contribution in [0, 0.1) is 0 Å². The van der Waals surface area contributed by atoms with Gasteiger partial charge in [0.2, 0.25) is 5.91 Å². The summed E-state index contributed by atoms with van der Waals surface area (Å²) in [4.78, 5) is 17.6. The van der Waals surface area contributed by atoms with E-state index in [2.05, 4.69) is 23.2 Å². The lowest BCUT2D eigenvalue weighted by Gasteiger charge is -2.09. The molecule has 18 heavy (non-hydrogen) atoms. The molecule has 0 bridgehead atoms. The Labute approximate surface area is 112 Å². The number of carbonyl (C=O) groups excluding carboxylic acids is 1. The molecule has 0 unspecified atom stereocenters. The molecule has 0 radical (unpaired) electrons. The molecular weight excluding hydrogens is 244 g/mol. The molecule has 0 N–H and O–H groups in total. The highest BCUT2D eigenvalue weighted by Crippen LogP contribution is 2.29. The van der Waals surface area contributed by atoms with Gasteiger partial charge in [0.1, 0.15) is 0 Å². The standard InChI is InChI=1S/C14H18N2OS/c1-16(2)14(17)8-5-9-18-13-10-11-6-3-4-7-12(11)15-13/h3-4,6-7H,5,8-10H2,1-2H3. The summed E-state index contributed by atoms with van der Waals surface area (Å²) in [6.45, 7) is 0. The van der Waals surface area contributed by atoms with Crippen LogP contribution in [0.1, 0.15) is 18.4 Å². The molecule has 0 saturated heterocycles. The van der Waals surface area contributed by atoms with Gasteiger partial charge in [-0.25, -0.2) is 4.99 Å². The van der Waals surface area contributed by atoms with Crippen molar-refractivity contribution in [1.82, 2.24) is 4.90 Å². The van der Waals surface area contributed by atoms with Gasteiger partial charge in [0, 0.05) is 26.9 Å². The van der Waals surface area contributed by atoms with Crippen molar-refractivity contribution in [3.8, 4) is 0 Å². The first-order valence-electron chi connectivity index (χ1n) is 6.15. The van der Waals surface area contributed by atoms with Crippen molar-refractivity contribution in [1.29, 1.82) is 0 Å². The number of aliphatic imine (C=N–C) groups is 1. The first kappa shape index (κ1) is 13.1. The van der Waals surface area contributed by atoms with E-state index in [-0.39, 0.29) is 5.91 Å². The van der Waals surface area contributed by atoms with E-state index in [0.29, 0.717) is 6.42 Å². The maximum absolute atomic E-state index is 11.4. The number of benzene rings is 1. The third kappa shape index (κ3) is 3.35. The third-order valence-electron chi connectivity index (χ3n) is 2.88. The molecule has 3 nitrogen and oxygen atoms in total. The van der Waals surface area contributed by atoms with Crippen molar-refractivity contribution in [2.24, 2.45) is 4.99 Å². The summed E-state index contributed by atoms with van der Waals surface area (Å²) in [5.41, 5.74) is 2.41. The molecule has 1 amide bonds. The Morgan fingerprint density at radius 2 is 2.17 bits per heavy atom. The first-order chi connectivity index (χ1) is 8.66. The predicted molar refractivity (Wildman–Crippen MR) is 77.6 cm³/mol. The van der Waals surface area contributed by atoms with Crippen molar-refractivity contribution < 1.29 is 4.79 Å². The molecule has 0 atom stereocenters. The van der Waals surface area contributed by atoms with Gasteiger partial charge in [0.25, 0.3) is 0 Å². The molecule has 4 heteroatoms. The zero-order valence-electron chi connectivity index (χ0n) is 10.8. The minimum Gasteiger partial charge on any atom is -0.349 e. The topological polar surface area (TPSA) is 32.7 Å². The van der Waals surface area contributed by atoms with E-state index in [4.69, 9.17) is 0 Å². The number of para-hydroxylation sites is 1. The van der Waals surface area contributed by atoms with Crippen LogP contribution in [0.2, 0.25) is 0 Å². The van der Waals surface area contributed by atoms with E-state index >= 15 is 0 Å². The minimum absolute atomic E-state index is 0.201. The fourth-order valence-electron chi connectivity index (χ4n) is 1.83. The summed E-state index contributed by atoms with van der Waals surface area (Å²) in [5.74, 6) is 1.17. The summed E-state index contributed by atoms with van der Waals surface area (Å²) >= 11 is 1.77. The van der Waals surface area contributed by atoms with Gasteiger partial charge in [-0.1, -0.05) is 18.2 Å². The summed E-state index contributed by atoms with van der Waals surface area (Å²) in [7, 11) is 3.60. The lowest BCUT2D eigenvalue weighted by Crippen LogP contribution is -2.21. The number of carbonyl (C=O) groups is 1. The number of fused-ring (bicyclic) bond motifs is 1. The smallest absolute Gasteiger partial charge is 0.222 e. The van der Waals surface area contributed by atoms with Crippen molar-refractivity contribution in [3.05, 3.63) is 29.8 Å². The van der Waals surface area contributed by atoms with Crippen LogP contribution in [0.15, 0.2) is 29.3 Å². The van der Waals surface area contributed by atoms with E-state index in [0.717, 1.165) is 24.3 Å². The average molecular weight is 262 g/mol. The first-order valence-corrected chi connectivity index (χ1v) is 7.14. The summed E-state index contributed by atoms with van der Waals surface area (Å²) < 4.78 is 0. The van der Waals surface area contributed by atoms with Crippen LogP contribution < -0.4 is 0 Å². The zero-order valence-corrected chi connectivity index (χ0v) is 11.7. The predicted octanol–water partition coefficient (Wildman–Crippen LogP) is 2.87. The van der Waals surface area contributed by atoms with Crippen molar-refractivity contribution >= 4 is 28.4 Å². The second kappa shape index (κ2) is 6.05. The number of amides is 1. The zero-order chi connectivity index (χ0) is 13.0. The second-order valence-electron chi connectivity index (χ2n) is 4.55. The van der Waals surface area contributed by atoms with E-state index in [9.17, 15) is 4.79 Å². The van der Waals surface area contributed by atoms with Crippen molar-refractivity contribution in [2.75, 3.05) is 19.8 Å². The van der Waals surface area contributed by atoms with Crippen LogP contribution in [0.5, 0.6) is 0 Å². The Bertz CT molecular complexity index is 469.